The number of benzene rings is 1. The van der Waals surface area contributed by atoms with E-state index >= 15 is 0 Å². The van der Waals surface area contributed by atoms with Crippen LogP contribution in [-0.4, -0.2) is 5.78 Å². The van der Waals surface area contributed by atoms with Crippen LogP contribution in [0.15, 0.2) is 24.3 Å². The van der Waals surface area contributed by atoms with Crippen LogP contribution in [0.1, 0.15) is 29.8 Å². The highest BCUT2D eigenvalue weighted by atomic mass is 32.1. The highest BCUT2D eigenvalue weighted by Crippen LogP contribution is 2.10. The summed E-state index contributed by atoms with van der Waals surface area (Å²) in [4.78, 5) is 11.5. The molecule has 0 atom stereocenters. The van der Waals surface area contributed by atoms with Gasteiger partial charge in [-0.25, -0.2) is 0 Å². The maximum absolute atomic E-state index is 11.5. The summed E-state index contributed by atoms with van der Waals surface area (Å²) in [5, 5.41) is 0. The van der Waals surface area contributed by atoms with Gasteiger partial charge in [-0.1, -0.05) is 38.1 Å². The highest BCUT2D eigenvalue weighted by Gasteiger charge is 2.09. The number of hydrogen-bond donors (Lipinski definition) is 1. The van der Waals surface area contributed by atoms with Gasteiger partial charge in [0.1, 0.15) is 0 Å². The molecule has 0 heterocycles. The fourth-order valence-electron chi connectivity index (χ4n) is 1.11. The number of thiol groups is 1. The van der Waals surface area contributed by atoms with E-state index in [-0.39, 0.29) is 11.7 Å². The average Bonchev–Trinajstić information content (AvgIpc) is 2.17. The fraction of sp³-hybridized carbons (Fsp3) is 0.364. The van der Waals surface area contributed by atoms with Crippen molar-refractivity contribution >= 4 is 18.4 Å². The molecule has 0 aliphatic carbocycles. The third-order valence-electron chi connectivity index (χ3n) is 1.95. The molecule has 0 aliphatic heterocycles. The quantitative estimate of drug-likeness (QED) is 0.578. The third-order valence-corrected chi connectivity index (χ3v) is 2.31. The Morgan fingerprint density at radius 2 is 1.85 bits per heavy atom. The molecule has 1 aromatic rings. The van der Waals surface area contributed by atoms with Crippen LogP contribution >= 0.6 is 12.6 Å². The van der Waals surface area contributed by atoms with Gasteiger partial charge in [-0.15, -0.1) is 0 Å². The van der Waals surface area contributed by atoms with Crippen LogP contribution in [0, 0.1) is 5.92 Å². The standard InChI is InChI=1S/C11H14OS/c1-8(2)11(12)10-5-3-9(7-13)4-6-10/h3-6,8,13H,7H2,1-2H3. The Hall–Kier alpha value is -0.760. The van der Waals surface area contributed by atoms with Crippen molar-refractivity contribution in [1.82, 2.24) is 0 Å². The van der Waals surface area contributed by atoms with Crippen molar-refractivity contribution < 1.29 is 4.79 Å². The highest BCUT2D eigenvalue weighted by molar-refractivity contribution is 7.79. The minimum Gasteiger partial charge on any atom is -0.294 e. The molecule has 1 rings (SSSR count). The van der Waals surface area contributed by atoms with Gasteiger partial charge in [0.25, 0.3) is 0 Å². The Balaban J connectivity index is 2.86. The minimum atomic E-state index is 0.0712. The second-order valence-corrected chi connectivity index (χ2v) is 3.69. The van der Waals surface area contributed by atoms with Crippen LogP contribution in [0.25, 0.3) is 0 Å². The van der Waals surface area contributed by atoms with Gasteiger partial charge in [0.05, 0.1) is 0 Å². The zero-order valence-corrected chi connectivity index (χ0v) is 8.84. The Morgan fingerprint density at radius 3 is 2.23 bits per heavy atom. The number of Topliss-reactive ketones (excluding diaryl/α,β-unsaturated/α-hetero) is 1. The van der Waals surface area contributed by atoms with E-state index in [9.17, 15) is 4.79 Å². The van der Waals surface area contributed by atoms with Crippen molar-refractivity contribution in [2.24, 2.45) is 5.92 Å². The number of carbonyl (C=O) groups excluding carboxylic acids is 1. The van der Waals surface area contributed by atoms with Crippen molar-refractivity contribution in [1.29, 1.82) is 0 Å². The summed E-state index contributed by atoms with van der Waals surface area (Å²) < 4.78 is 0. The van der Waals surface area contributed by atoms with E-state index in [1.165, 1.54) is 0 Å². The van der Waals surface area contributed by atoms with Crippen LogP contribution in [-0.2, 0) is 5.75 Å². The van der Waals surface area contributed by atoms with E-state index in [0.29, 0.717) is 0 Å². The molecule has 0 aliphatic rings. The summed E-state index contributed by atoms with van der Waals surface area (Å²) in [6, 6.07) is 7.63. The molecule has 13 heavy (non-hydrogen) atoms. The Kier molecular flexibility index (Phi) is 3.55. The van der Waals surface area contributed by atoms with Crippen molar-refractivity contribution in [3.8, 4) is 0 Å². The molecule has 0 saturated heterocycles. The normalized spacial score (nSPS) is 10.5. The number of hydrogen-bond acceptors (Lipinski definition) is 2. The topological polar surface area (TPSA) is 17.1 Å². The molecular formula is C11H14OS. The van der Waals surface area contributed by atoms with Crippen LogP contribution in [0.2, 0.25) is 0 Å². The summed E-state index contributed by atoms with van der Waals surface area (Å²) >= 11 is 4.15. The Bertz CT molecular complexity index is 287. The van der Waals surface area contributed by atoms with Gasteiger partial charge in [0.2, 0.25) is 0 Å². The summed E-state index contributed by atoms with van der Waals surface area (Å²) in [5.74, 6) is 0.989. The largest absolute Gasteiger partial charge is 0.294 e. The van der Waals surface area contributed by atoms with Gasteiger partial charge in [-0.2, -0.15) is 12.6 Å². The van der Waals surface area contributed by atoms with Gasteiger partial charge in [-0.05, 0) is 5.56 Å². The first-order valence-electron chi connectivity index (χ1n) is 4.39. The summed E-state index contributed by atoms with van der Waals surface area (Å²) in [7, 11) is 0. The molecule has 0 N–H and O–H groups in total. The zero-order chi connectivity index (χ0) is 9.84. The lowest BCUT2D eigenvalue weighted by molar-refractivity contribution is 0.0939. The van der Waals surface area contributed by atoms with Gasteiger partial charge in [-0.3, -0.25) is 4.79 Å². The average molecular weight is 194 g/mol. The number of rotatable bonds is 3. The predicted molar refractivity (Wildman–Crippen MR) is 58.3 cm³/mol. The summed E-state index contributed by atoms with van der Waals surface area (Å²) in [5.41, 5.74) is 1.93. The molecular weight excluding hydrogens is 180 g/mol. The maximum Gasteiger partial charge on any atom is 0.165 e. The molecule has 0 unspecified atom stereocenters. The SMILES string of the molecule is CC(C)C(=O)c1ccc(CS)cc1. The van der Waals surface area contributed by atoms with Crippen molar-refractivity contribution in [3.05, 3.63) is 35.4 Å². The predicted octanol–water partition coefficient (Wildman–Crippen LogP) is 2.96. The molecule has 2 heteroatoms. The molecule has 0 spiro atoms. The molecule has 0 fully saturated rings. The Morgan fingerprint density at radius 1 is 1.31 bits per heavy atom. The van der Waals surface area contributed by atoms with Crippen molar-refractivity contribution in [2.75, 3.05) is 0 Å². The summed E-state index contributed by atoms with van der Waals surface area (Å²) in [6.07, 6.45) is 0. The first kappa shape index (κ1) is 10.3. The van der Waals surface area contributed by atoms with Gasteiger partial charge in [0.15, 0.2) is 5.78 Å². The first-order chi connectivity index (χ1) is 6.15. The molecule has 1 aromatic carbocycles. The monoisotopic (exact) mass is 194 g/mol. The molecule has 0 saturated carbocycles. The van der Waals surface area contributed by atoms with E-state index in [4.69, 9.17) is 0 Å². The molecule has 1 nitrogen and oxygen atoms in total. The van der Waals surface area contributed by atoms with Crippen molar-refractivity contribution in [2.45, 2.75) is 19.6 Å². The first-order valence-corrected chi connectivity index (χ1v) is 5.02. The molecule has 70 valence electrons. The zero-order valence-electron chi connectivity index (χ0n) is 7.95. The van der Waals surface area contributed by atoms with Crippen LogP contribution in [0.4, 0.5) is 0 Å². The maximum atomic E-state index is 11.5. The van der Waals surface area contributed by atoms with Crippen LogP contribution in [0.5, 0.6) is 0 Å². The molecule has 0 radical (unpaired) electrons. The van der Waals surface area contributed by atoms with E-state index in [2.05, 4.69) is 12.6 Å². The molecule has 0 bridgehead atoms. The second kappa shape index (κ2) is 4.47. The fourth-order valence-corrected chi connectivity index (χ4v) is 1.32. The third kappa shape index (κ3) is 2.59. The van der Waals surface area contributed by atoms with Crippen LogP contribution < -0.4 is 0 Å². The molecule has 0 amide bonds. The smallest absolute Gasteiger partial charge is 0.165 e. The summed E-state index contributed by atoms with van der Waals surface area (Å²) in [6.45, 7) is 3.82. The van der Waals surface area contributed by atoms with E-state index < -0.39 is 0 Å². The van der Waals surface area contributed by atoms with Gasteiger partial charge < -0.3 is 0 Å². The lowest BCUT2D eigenvalue weighted by atomic mass is 10.0. The van der Waals surface area contributed by atoms with Gasteiger partial charge >= 0.3 is 0 Å². The van der Waals surface area contributed by atoms with Crippen molar-refractivity contribution in [3.63, 3.8) is 0 Å². The van der Waals surface area contributed by atoms with E-state index in [1.54, 1.807) is 0 Å². The molecule has 0 aromatic heterocycles. The van der Waals surface area contributed by atoms with Crippen LogP contribution in [0.3, 0.4) is 0 Å². The minimum absolute atomic E-state index is 0.0712. The van der Waals surface area contributed by atoms with E-state index in [0.717, 1.165) is 16.9 Å². The lowest BCUT2D eigenvalue weighted by Gasteiger charge is -2.04. The lowest BCUT2D eigenvalue weighted by Crippen LogP contribution is -2.06. The van der Waals surface area contributed by atoms with E-state index in [1.807, 2.05) is 38.1 Å². The van der Waals surface area contributed by atoms with Gasteiger partial charge in [0, 0.05) is 17.2 Å². The number of carbonyl (C=O) groups is 1. The number of ketones is 1. The second-order valence-electron chi connectivity index (χ2n) is 3.37. The Labute approximate surface area is 84.6 Å².